The maximum atomic E-state index is 9.45. The molecular weight excluding hydrogens is 250 g/mol. The molecule has 0 aromatic rings. The van der Waals surface area contributed by atoms with Gasteiger partial charge in [0.25, 0.3) is 0 Å². The average Bonchev–Trinajstić information content (AvgIpc) is 2.42. The second kappa shape index (κ2) is 11.5. The van der Waals surface area contributed by atoms with E-state index in [0.29, 0.717) is 6.10 Å². The lowest BCUT2D eigenvalue weighted by molar-refractivity contribution is 0.0756. The van der Waals surface area contributed by atoms with Crippen LogP contribution >= 0.6 is 0 Å². The number of rotatable bonds is 11. The molecule has 120 valence electrons. The maximum Gasteiger partial charge on any atom is 0.0564 e. The molecule has 3 heteroatoms. The first-order chi connectivity index (χ1) is 9.68. The Morgan fingerprint density at radius 2 is 1.50 bits per heavy atom. The maximum absolute atomic E-state index is 9.45. The Labute approximate surface area is 125 Å². The van der Waals surface area contributed by atoms with Gasteiger partial charge in [0.05, 0.1) is 12.2 Å². The van der Waals surface area contributed by atoms with Crippen LogP contribution in [0.4, 0.5) is 0 Å². The lowest BCUT2D eigenvalue weighted by Crippen LogP contribution is -2.36. The third-order valence-corrected chi connectivity index (χ3v) is 4.13. The summed E-state index contributed by atoms with van der Waals surface area (Å²) in [7, 11) is 0. The van der Waals surface area contributed by atoms with Crippen LogP contribution in [0.15, 0.2) is 0 Å². The quantitative estimate of drug-likeness (QED) is 0.589. The lowest BCUT2D eigenvalue weighted by atomic mass is 10.1. The van der Waals surface area contributed by atoms with Crippen molar-refractivity contribution in [2.75, 3.05) is 26.2 Å². The third-order valence-electron chi connectivity index (χ3n) is 4.13. The fourth-order valence-electron chi connectivity index (χ4n) is 2.78. The average molecular weight is 285 g/mol. The number of unbranched alkanes of at least 4 members (excludes halogenated alkanes) is 6. The summed E-state index contributed by atoms with van der Waals surface area (Å²) in [6.07, 6.45) is 11.6. The summed E-state index contributed by atoms with van der Waals surface area (Å²) in [6, 6.07) is 0. The van der Waals surface area contributed by atoms with Gasteiger partial charge < -0.3 is 14.7 Å². The van der Waals surface area contributed by atoms with Crippen molar-refractivity contribution in [3.63, 3.8) is 0 Å². The van der Waals surface area contributed by atoms with Crippen molar-refractivity contribution < 1.29 is 9.84 Å². The first-order valence-electron chi connectivity index (χ1n) is 8.70. The molecule has 0 amide bonds. The highest BCUT2D eigenvalue weighted by Gasteiger charge is 2.15. The monoisotopic (exact) mass is 285 g/mol. The second-order valence-corrected chi connectivity index (χ2v) is 6.47. The molecule has 1 rings (SSSR count). The molecule has 1 fully saturated rings. The Morgan fingerprint density at radius 1 is 0.950 bits per heavy atom. The third kappa shape index (κ3) is 9.73. The van der Waals surface area contributed by atoms with Crippen LogP contribution < -0.4 is 0 Å². The van der Waals surface area contributed by atoms with Crippen molar-refractivity contribution >= 4 is 0 Å². The van der Waals surface area contributed by atoms with Gasteiger partial charge in [0.15, 0.2) is 0 Å². The number of aliphatic hydroxyl groups excluding tert-OH is 1. The van der Waals surface area contributed by atoms with Crippen LogP contribution in [0.5, 0.6) is 0 Å². The highest BCUT2D eigenvalue weighted by molar-refractivity contribution is 4.70. The number of hydrogen-bond acceptors (Lipinski definition) is 3. The molecule has 1 saturated heterocycles. The molecule has 1 aliphatic rings. The predicted octanol–water partition coefficient (Wildman–Crippen LogP) is 3.60. The first-order valence-corrected chi connectivity index (χ1v) is 8.70. The van der Waals surface area contributed by atoms with Crippen molar-refractivity contribution in [3.8, 4) is 0 Å². The van der Waals surface area contributed by atoms with E-state index in [1.165, 1.54) is 51.5 Å². The molecule has 0 radical (unpaired) electrons. The molecule has 20 heavy (non-hydrogen) atoms. The summed E-state index contributed by atoms with van der Waals surface area (Å²) in [4.78, 5) is 2.51. The molecule has 1 aliphatic heterocycles. The van der Waals surface area contributed by atoms with Crippen molar-refractivity contribution in [3.05, 3.63) is 0 Å². The molecule has 0 spiro atoms. The minimum Gasteiger partial charge on any atom is -0.393 e. The Balaban J connectivity index is 1.76. The molecule has 0 aromatic carbocycles. The van der Waals surface area contributed by atoms with Gasteiger partial charge in [-0.1, -0.05) is 32.1 Å². The van der Waals surface area contributed by atoms with E-state index < -0.39 is 0 Å². The summed E-state index contributed by atoms with van der Waals surface area (Å²) in [5.74, 6) is 0. The van der Waals surface area contributed by atoms with Crippen molar-refractivity contribution in [2.24, 2.45) is 0 Å². The largest absolute Gasteiger partial charge is 0.393 e. The lowest BCUT2D eigenvalue weighted by Gasteiger charge is -2.29. The van der Waals surface area contributed by atoms with Gasteiger partial charge in [-0.05, 0) is 46.1 Å². The number of aliphatic hydroxyl groups is 1. The Kier molecular flexibility index (Phi) is 10.3. The summed E-state index contributed by atoms with van der Waals surface area (Å²) < 4.78 is 5.54. The van der Waals surface area contributed by atoms with Gasteiger partial charge in [-0.2, -0.15) is 0 Å². The molecule has 1 N–H and O–H groups in total. The molecule has 0 aromatic heterocycles. The molecule has 0 atom stereocenters. The zero-order valence-corrected chi connectivity index (χ0v) is 13.6. The standard InChI is InChI=1S/C17H35NO2/c1-16(2)20-15-9-7-5-3-4-6-8-12-18-13-10-17(19)11-14-18/h16-17,19H,3-15H2,1-2H3. The molecular formula is C17H35NO2. The highest BCUT2D eigenvalue weighted by atomic mass is 16.5. The van der Waals surface area contributed by atoms with Crippen molar-refractivity contribution in [1.82, 2.24) is 4.90 Å². The van der Waals surface area contributed by atoms with Gasteiger partial charge in [0.2, 0.25) is 0 Å². The number of hydrogen-bond donors (Lipinski definition) is 1. The highest BCUT2D eigenvalue weighted by Crippen LogP contribution is 2.12. The van der Waals surface area contributed by atoms with E-state index in [-0.39, 0.29) is 6.10 Å². The van der Waals surface area contributed by atoms with Gasteiger partial charge in [0.1, 0.15) is 0 Å². The van der Waals surface area contributed by atoms with Gasteiger partial charge in [-0.25, -0.2) is 0 Å². The van der Waals surface area contributed by atoms with Crippen molar-refractivity contribution in [1.29, 1.82) is 0 Å². The van der Waals surface area contributed by atoms with Gasteiger partial charge in [-0.15, -0.1) is 0 Å². The summed E-state index contributed by atoms with van der Waals surface area (Å²) >= 11 is 0. The second-order valence-electron chi connectivity index (χ2n) is 6.47. The molecule has 0 bridgehead atoms. The Bertz CT molecular complexity index is 213. The van der Waals surface area contributed by atoms with Gasteiger partial charge >= 0.3 is 0 Å². The fourth-order valence-corrected chi connectivity index (χ4v) is 2.78. The SMILES string of the molecule is CC(C)OCCCCCCCCCN1CCC(O)CC1. The predicted molar refractivity (Wildman–Crippen MR) is 85.1 cm³/mol. The molecule has 0 unspecified atom stereocenters. The zero-order valence-electron chi connectivity index (χ0n) is 13.6. The van der Waals surface area contributed by atoms with Crippen LogP contribution in [0.3, 0.4) is 0 Å². The number of likely N-dealkylation sites (tertiary alicyclic amines) is 1. The van der Waals surface area contributed by atoms with Crippen LogP contribution in [0, 0.1) is 0 Å². The molecule has 0 saturated carbocycles. The van der Waals surface area contributed by atoms with Crippen LogP contribution in [-0.2, 0) is 4.74 Å². The van der Waals surface area contributed by atoms with Gasteiger partial charge in [-0.3, -0.25) is 0 Å². The fraction of sp³-hybridized carbons (Fsp3) is 1.00. The minimum absolute atomic E-state index is 0.0362. The van der Waals surface area contributed by atoms with E-state index in [1.54, 1.807) is 0 Å². The van der Waals surface area contributed by atoms with Crippen LogP contribution in [-0.4, -0.2) is 48.5 Å². The van der Waals surface area contributed by atoms with E-state index in [2.05, 4.69) is 18.7 Å². The smallest absolute Gasteiger partial charge is 0.0564 e. The molecule has 0 aliphatic carbocycles. The minimum atomic E-state index is -0.0362. The number of nitrogens with zero attached hydrogens (tertiary/aromatic N) is 1. The molecule has 1 heterocycles. The number of ether oxygens (including phenoxy) is 1. The zero-order chi connectivity index (χ0) is 14.6. The molecule has 3 nitrogen and oxygen atoms in total. The van der Waals surface area contributed by atoms with Crippen LogP contribution in [0.25, 0.3) is 0 Å². The normalized spacial score (nSPS) is 18.0. The first kappa shape index (κ1) is 17.9. The summed E-state index contributed by atoms with van der Waals surface area (Å²) in [6.45, 7) is 8.55. The van der Waals surface area contributed by atoms with E-state index in [1.807, 2.05) is 0 Å². The van der Waals surface area contributed by atoms with E-state index in [9.17, 15) is 5.11 Å². The van der Waals surface area contributed by atoms with Crippen LogP contribution in [0.1, 0.15) is 71.6 Å². The van der Waals surface area contributed by atoms with Crippen LogP contribution in [0.2, 0.25) is 0 Å². The summed E-state index contributed by atoms with van der Waals surface area (Å²) in [5.41, 5.74) is 0. The topological polar surface area (TPSA) is 32.7 Å². The van der Waals surface area contributed by atoms with E-state index in [0.717, 1.165) is 32.5 Å². The summed E-state index contributed by atoms with van der Waals surface area (Å²) in [5, 5.41) is 9.45. The van der Waals surface area contributed by atoms with Crippen molar-refractivity contribution in [2.45, 2.75) is 83.8 Å². The number of piperidine rings is 1. The van der Waals surface area contributed by atoms with E-state index in [4.69, 9.17) is 4.74 Å². The Morgan fingerprint density at radius 3 is 2.10 bits per heavy atom. The van der Waals surface area contributed by atoms with Gasteiger partial charge in [0, 0.05) is 19.7 Å². The Hall–Kier alpha value is -0.120. The van der Waals surface area contributed by atoms with E-state index >= 15 is 0 Å².